The van der Waals surface area contributed by atoms with Gasteiger partial charge < -0.3 is 29.7 Å². The number of ether oxygens (including phenoxy) is 2. The van der Waals surface area contributed by atoms with Gasteiger partial charge in [0.05, 0.1) is 19.5 Å². The molecule has 1 aliphatic rings. The summed E-state index contributed by atoms with van der Waals surface area (Å²) in [6.45, 7) is 3.78. The van der Waals surface area contributed by atoms with Crippen molar-refractivity contribution in [3.8, 4) is 5.75 Å². The van der Waals surface area contributed by atoms with Crippen LogP contribution in [0.15, 0.2) is 36.7 Å². The molecule has 1 unspecified atom stereocenters. The maximum Gasteiger partial charge on any atom is 0.459 e. The van der Waals surface area contributed by atoms with E-state index in [0.29, 0.717) is 11.3 Å². The Morgan fingerprint density at radius 3 is 2.70 bits per heavy atom. The number of hydrogen-bond acceptors (Lipinski definition) is 12. The first-order valence-corrected chi connectivity index (χ1v) is 14.0. The fraction of sp³-hybridized carbons (Fsp3) is 0.500. The minimum absolute atomic E-state index is 0.0577. The molecular formula is C24H33FN7O7P. The van der Waals surface area contributed by atoms with Gasteiger partial charge in [0.15, 0.2) is 28.9 Å². The minimum Gasteiger partial charge on any atom is -0.465 e. The Kier molecular flexibility index (Phi) is 8.61. The van der Waals surface area contributed by atoms with Crippen molar-refractivity contribution in [3.63, 3.8) is 0 Å². The van der Waals surface area contributed by atoms with Gasteiger partial charge in [-0.25, -0.2) is 13.9 Å². The van der Waals surface area contributed by atoms with Crippen LogP contribution in [0.1, 0.15) is 27.0 Å². The van der Waals surface area contributed by atoms with E-state index in [2.05, 4.69) is 20.0 Å². The molecule has 14 nitrogen and oxygen atoms in total. The second-order valence-corrected chi connectivity index (χ2v) is 11.2. The van der Waals surface area contributed by atoms with Crippen molar-refractivity contribution in [3.05, 3.63) is 36.7 Å². The molecule has 2 aromatic heterocycles. The number of para-hydroxylation sites is 1. The van der Waals surface area contributed by atoms with Crippen LogP contribution in [-0.2, 0) is 23.4 Å². The van der Waals surface area contributed by atoms with Crippen LogP contribution in [-0.4, -0.2) is 81.8 Å². The number of imidazole rings is 1. The number of carbonyl (C=O) groups excluding carboxylic acids is 1. The fourth-order valence-corrected chi connectivity index (χ4v) is 5.69. The number of alkyl halides is 1. The first kappa shape index (κ1) is 29.6. The van der Waals surface area contributed by atoms with Gasteiger partial charge in [-0.1, -0.05) is 18.2 Å². The minimum atomic E-state index is -4.27. The van der Waals surface area contributed by atoms with E-state index in [1.54, 1.807) is 56.3 Å². The third-order valence-corrected chi connectivity index (χ3v) is 7.83. The zero-order chi connectivity index (χ0) is 29.2. The molecule has 0 spiro atoms. The summed E-state index contributed by atoms with van der Waals surface area (Å²) in [5.41, 5.74) is 4.07. The number of nitrogens with two attached hydrogens (primary N) is 1. The molecule has 3 heterocycles. The van der Waals surface area contributed by atoms with Crippen LogP contribution >= 0.6 is 7.75 Å². The van der Waals surface area contributed by atoms with Crippen molar-refractivity contribution in [2.45, 2.75) is 50.9 Å². The molecule has 40 heavy (non-hydrogen) atoms. The summed E-state index contributed by atoms with van der Waals surface area (Å²) in [7, 11) is -0.774. The number of rotatable bonds is 11. The summed E-state index contributed by atoms with van der Waals surface area (Å²) in [5, 5.41) is 13.4. The molecule has 218 valence electrons. The van der Waals surface area contributed by atoms with E-state index >= 15 is 4.39 Å². The number of esters is 1. The zero-order valence-electron chi connectivity index (χ0n) is 22.7. The highest BCUT2D eigenvalue weighted by molar-refractivity contribution is 7.52. The number of benzene rings is 1. The van der Waals surface area contributed by atoms with Gasteiger partial charge in [-0.3, -0.25) is 13.9 Å². The highest BCUT2D eigenvalue weighted by Crippen LogP contribution is 2.48. The molecule has 1 saturated heterocycles. The molecule has 1 aromatic carbocycles. The van der Waals surface area contributed by atoms with E-state index < -0.39 is 50.5 Å². The lowest BCUT2D eigenvalue weighted by atomic mass is 9.98. The van der Waals surface area contributed by atoms with Gasteiger partial charge in [0, 0.05) is 14.1 Å². The van der Waals surface area contributed by atoms with Gasteiger partial charge in [-0.15, -0.1) is 0 Å². The van der Waals surface area contributed by atoms with Gasteiger partial charge in [0.1, 0.15) is 24.0 Å². The number of aliphatic hydroxyl groups excluding tert-OH is 1. The maximum absolute atomic E-state index is 16.0. The van der Waals surface area contributed by atoms with Crippen molar-refractivity contribution in [2.24, 2.45) is 0 Å². The Morgan fingerprint density at radius 2 is 2.05 bits per heavy atom. The zero-order valence-corrected chi connectivity index (χ0v) is 23.6. The van der Waals surface area contributed by atoms with E-state index in [-0.39, 0.29) is 24.0 Å². The molecule has 1 aliphatic heterocycles. The monoisotopic (exact) mass is 581 g/mol. The highest BCUT2D eigenvalue weighted by atomic mass is 31.2. The average molecular weight is 582 g/mol. The van der Waals surface area contributed by atoms with E-state index in [4.69, 9.17) is 24.3 Å². The second kappa shape index (κ2) is 11.6. The number of nitrogens with zero attached hydrogens (tertiary/aromatic N) is 5. The number of aliphatic hydroxyl groups is 1. The summed E-state index contributed by atoms with van der Waals surface area (Å²) in [6.07, 6.45) is -3.09. The van der Waals surface area contributed by atoms with E-state index in [9.17, 15) is 14.5 Å². The molecule has 0 amide bonds. The molecule has 16 heteroatoms. The van der Waals surface area contributed by atoms with Gasteiger partial charge in [-0.05, 0) is 32.9 Å². The lowest BCUT2D eigenvalue weighted by Crippen LogP contribution is -2.41. The van der Waals surface area contributed by atoms with E-state index in [0.717, 1.165) is 6.92 Å². The van der Waals surface area contributed by atoms with Crippen molar-refractivity contribution >= 4 is 36.6 Å². The number of nitrogen functional groups attached to an aromatic ring is 1. The predicted molar refractivity (Wildman–Crippen MR) is 143 cm³/mol. The normalized spacial score (nSPS) is 24.9. The Hall–Kier alpha value is -3.36. The van der Waals surface area contributed by atoms with Crippen LogP contribution in [0.3, 0.4) is 0 Å². The summed E-state index contributed by atoms with van der Waals surface area (Å²) in [4.78, 5) is 26.5. The molecule has 0 saturated carbocycles. The van der Waals surface area contributed by atoms with Crippen LogP contribution in [0.25, 0.3) is 11.2 Å². The van der Waals surface area contributed by atoms with Crippen LogP contribution in [0.5, 0.6) is 5.75 Å². The summed E-state index contributed by atoms with van der Waals surface area (Å²) in [6, 6.07) is 7.06. The van der Waals surface area contributed by atoms with Gasteiger partial charge >= 0.3 is 13.7 Å². The van der Waals surface area contributed by atoms with Crippen LogP contribution in [0.2, 0.25) is 0 Å². The molecular weight excluding hydrogens is 548 g/mol. The van der Waals surface area contributed by atoms with Crippen LogP contribution in [0, 0.1) is 0 Å². The largest absolute Gasteiger partial charge is 0.465 e. The van der Waals surface area contributed by atoms with Crippen molar-refractivity contribution in [2.75, 3.05) is 37.9 Å². The number of nitrogens with one attached hydrogen (secondary N) is 1. The second-order valence-electron chi connectivity index (χ2n) is 9.55. The Labute approximate surface area is 230 Å². The SMILES string of the molecule is CCOC(=O)[C@@H](C)NP(=O)(OC[C@H]1O[C@@H](n2cnc3c(N(C)C)nc(N)nc32)[C@](C)(F)[C@@H]1O)Oc1ccccc1. The summed E-state index contributed by atoms with van der Waals surface area (Å²) in [5.74, 6) is -0.130. The molecule has 4 rings (SSSR count). The molecule has 0 aliphatic carbocycles. The Morgan fingerprint density at radius 1 is 1.35 bits per heavy atom. The first-order valence-electron chi connectivity index (χ1n) is 12.5. The average Bonchev–Trinajstić information content (AvgIpc) is 3.40. The Bertz CT molecular complexity index is 1390. The molecule has 0 bridgehead atoms. The molecule has 0 radical (unpaired) electrons. The van der Waals surface area contributed by atoms with Crippen molar-refractivity contribution in [1.82, 2.24) is 24.6 Å². The highest BCUT2D eigenvalue weighted by Gasteiger charge is 2.56. The number of fused-ring (bicyclic) bond motifs is 1. The van der Waals surface area contributed by atoms with Crippen LogP contribution < -0.4 is 20.2 Å². The smallest absolute Gasteiger partial charge is 0.459 e. The third-order valence-electron chi connectivity index (χ3n) is 6.18. The summed E-state index contributed by atoms with van der Waals surface area (Å²) < 4.78 is 53.0. The first-order chi connectivity index (χ1) is 18.9. The maximum atomic E-state index is 16.0. The van der Waals surface area contributed by atoms with Crippen molar-refractivity contribution in [1.29, 1.82) is 0 Å². The Balaban J connectivity index is 1.58. The number of halogens is 1. The van der Waals surface area contributed by atoms with Crippen molar-refractivity contribution < 1.29 is 37.4 Å². The molecule has 1 fully saturated rings. The lowest BCUT2D eigenvalue weighted by molar-refractivity contribution is -0.144. The molecule has 6 atom stereocenters. The molecule has 4 N–H and O–H groups in total. The third kappa shape index (κ3) is 6.03. The van der Waals surface area contributed by atoms with Gasteiger partial charge in [0.2, 0.25) is 5.95 Å². The predicted octanol–water partition coefficient (Wildman–Crippen LogP) is 2.21. The number of hydrogen-bond donors (Lipinski definition) is 3. The van der Waals surface area contributed by atoms with Gasteiger partial charge in [0.25, 0.3) is 0 Å². The number of anilines is 2. The molecule has 3 aromatic rings. The lowest BCUT2D eigenvalue weighted by Gasteiger charge is -2.25. The topological polar surface area (TPSA) is 176 Å². The number of aromatic nitrogens is 4. The van der Waals surface area contributed by atoms with Crippen LogP contribution in [0.4, 0.5) is 16.2 Å². The summed E-state index contributed by atoms with van der Waals surface area (Å²) >= 11 is 0. The quantitative estimate of drug-likeness (QED) is 0.222. The van der Waals surface area contributed by atoms with Gasteiger partial charge in [-0.2, -0.15) is 15.1 Å². The number of carbonyl (C=O) groups is 1. The standard InChI is InChI=1S/C24H33FN7O7P/c1-6-36-21(34)14(2)30-40(35,39-15-10-8-7-9-11-15)37-12-16-18(33)24(3,25)22(38-16)32-13-27-17-19(31(4)5)28-23(26)29-20(17)32/h7-11,13-14,16,18,22,33H,6,12H2,1-5H3,(H,30,35)(H2,26,28,29)/t14-,16-,18-,22-,24-,40?/m1/s1. The fourth-order valence-electron chi connectivity index (χ4n) is 4.19. The van der Waals surface area contributed by atoms with E-state index in [1.807, 2.05) is 0 Å². The van der Waals surface area contributed by atoms with E-state index in [1.165, 1.54) is 17.8 Å².